The number of fused-ring (bicyclic) bond motifs is 1. The molecule has 2 aromatic carbocycles. The van der Waals surface area contributed by atoms with Gasteiger partial charge >= 0.3 is 0 Å². The summed E-state index contributed by atoms with van der Waals surface area (Å²) in [5, 5.41) is 3.45. The molecule has 0 bridgehead atoms. The number of nitrogens with one attached hydrogen (secondary N) is 1. The first-order chi connectivity index (χ1) is 15.2. The molecular weight excluding hydrogens is 428 g/mol. The number of hydrogen-bond donors (Lipinski definition) is 1. The molecule has 5 rings (SSSR count). The maximum Gasteiger partial charge on any atom is 0.294 e. The Morgan fingerprint density at radius 3 is 2.62 bits per heavy atom. The van der Waals surface area contributed by atoms with Crippen LogP contribution in [0, 0.1) is 0 Å². The van der Waals surface area contributed by atoms with Crippen molar-refractivity contribution in [2.45, 2.75) is 25.3 Å². The van der Waals surface area contributed by atoms with Crippen LogP contribution in [0.4, 0.5) is 11.4 Å². The second-order valence-corrected chi connectivity index (χ2v) is 7.61. The summed E-state index contributed by atoms with van der Waals surface area (Å²) in [6.07, 6.45) is 3.44. The topological polar surface area (TPSA) is 71.8 Å². The number of Topliss-reactive ketones (excluding diaryl/α,β-unsaturated/α-hetero) is 1. The van der Waals surface area contributed by atoms with Gasteiger partial charge in [0.1, 0.15) is 5.75 Å². The number of benzene rings is 2. The summed E-state index contributed by atoms with van der Waals surface area (Å²) in [5.41, 5.74) is 3.68. The van der Waals surface area contributed by atoms with E-state index in [1.807, 2.05) is 48.5 Å². The first-order valence-electron chi connectivity index (χ1n) is 10.3. The summed E-state index contributed by atoms with van der Waals surface area (Å²) in [6.45, 7) is 0. The Balaban J connectivity index is 0.00000245. The monoisotopic (exact) mass is 449 g/mol. The van der Waals surface area contributed by atoms with Gasteiger partial charge in [0.05, 0.1) is 30.8 Å². The van der Waals surface area contributed by atoms with Gasteiger partial charge in [0, 0.05) is 23.3 Å². The molecule has 0 fully saturated rings. The van der Waals surface area contributed by atoms with Crippen LogP contribution in [-0.2, 0) is 4.79 Å². The minimum Gasteiger partial charge on any atom is -1.00 e. The Hall–Kier alpha value is -3.51. The zero-order valence-corrected chi connectivity index (χ0v) is 18.3. The van der Waals surface area contributed by atoms with E-state index in [4.69, 9.17) is 9.15 Å². The molecule has 0 saturated carbocycles. The summed E-state index contributed by atoms with van der Waals surface area (Å²) in [4.78, 5) is 28.7. The van der Waals surface area contributed by atoms with Gasteiger partial charge in [-0.05, 0) is 43.2 Å². The van der Waals surface area contributed by atoms with Crippen molar-refractivity contribution < 1.29 is 31.2 Å². The lowest BCUT2D eigenvalue weighted by atomic mass is 9.85. The molecule has 0 saturated heterocycles. The Kier molecular flexibility index (Phi) is 6.06. The normalized spacial score (nSPS) is 17.5. The van der Waals surface area contributed by atoms with E-state index in [0.717, 1.165) is 29.8 Å². The van der Waals surface area contributed by atoms with Crippen molar-refractivity contribution in [2.75, 3.05) is 17.3 Å². The van der Waals surface area contributed by atoms with E-state index in [2.05, 4.69) is 5.32 Å². The predicted octanol–water partition coefficient (Wildman–Crippen LogP) is 2.11. The number of carbonyl (C=O) groups excluding carboxylic acids is 2. The predicted molar refractivity (Wildman–Crippen MR) is 117 cm³/mol. The number of hydrogen-bond acceptors (Lipinski definition) is 5. The lowest BCUT2D eigenvalue weighted by molar-refractivity contribution is -0.116. The number of methoxy groups -OCH3 is 1. The molecule has 2 aliphatic rings. The van der Waals surface area contributed by atoms with Crippen LogP contribution in [0.2, 0.25) is 0 Å². The van der Waals surface area contributed by atoms with E-state index in [1.165, 1.54) is 6.26 Å². The Morgan fingerprint density at radius 1 is 1.06 bits per heavy atom. The third-order valence-electron chi connectivity index (χ3n) is 5.82. The summed E-state index contributed by atoms with van der Waals surface area (Å²) in [6, 6.07) is 17.8. The molecule has 1 aliphatic carbocycles. The van der Waals surface area contributed by atoms with Crippen LogP contribution in [-0.4, -0.2) is 18.8 Å². The maximum absolute atomic E-state index is 13.8. The lowest BCUT2D eigenvalue weighted by Crippen LogP contribution is -3.00. The minimum absolute atomic E-state index is 0. The Bertz CT molecular complexity index is 1190. The number of carbonyl (C=O) groups is 2. The van der Waals surface area contributed by atoms with Crippen LogP contribution in [0.1, 0.15) is 41.4 Å². The number of ether oxygens (including phenoxy) is 1. The molecule has 0 radical (unpaired) electrons. The molecule has 2 heterocycles. The van der Waals surface area contributed by atoms with Crippen LogP contribution in [0.25, 0.3) is 0 Å². The number of rotatable bonds is 3. The quantitative estimate of drug-likeness (QED) is 0.663. The molecule has 1 unspecified atom stereocenters. The van der Waals surface area contributed by atoms with Gasteiger partial charge in [-0.15, -0.1) is 0 Å². The highest BCUT2D eigenvalue weighted by molar-refractivity contribution is 6.10. The number of nitrogens with zero attached hydrogens (tertiary/aromatic N) is 1. The molecule has 3 aromatic rings. The Labute approximate surface area is 192 Å². The van der Waals surface area contributed by atoms with Crippen LogP contribution in [0.5, 0.6) is 5.75 Å². The third kappa shape index (κ3) is 3.56. The fourth-order valence-electron chi connectivity index (χ4n) is 4.46. The highest BCUT2D eigenvalue weighted by atomic mass is 35.5. The first kappa shape index (κ1) is 21.7. The van der Waals surface area contributed by atoms with Gasteiger partial charge in [-0.3, -0.25) is 14.5 Å². The second kappa shape index (κ2) is 8.93. The molecule has 1 atom stereocenters. The average molecular weight is 450 g/mol. The Morgan fingerprint density at radius 2 is 1.84 bits per heavy atom. The SMILES string of the molecule is COc1ccccc1C1C2=C(CCCC2=O)Nc2ccccc2N1C(=O)c1ccco1.[Cl-]. The molecule has 164 valence electrons. The van der Waals surface area contributed by atoms with E-state index in [-0.39, 0.29) is 29.9 Å². The van der Waals surface area contributed by atoms with Crippen molar-refractivity contribution in [3.63, 3.8) is 0 Å². The van der Waals surface area contributed by atoms with Gasteiger partial charge in [0.15, 0.2) is 11.5 Å². The highest BCUT2D eigenvalue weighted by Gasteiger charge is 2.41. The molecule has 0 spiro atoms. The molecule has 1 aromatic heterocycles. The van der Waals surface area contributed by atoms with Crippen LogP contribution in [0.15, 0.2) is 82.6 Å². The van der Waals surface area contributed by atoms with Crippen molar-refractivity contribution in [3.05, 3.63) is 89.5 Å². The van der Waals surface area contributed by atoms with Crippen molar-refractivity contribution >= 4 is 23.1 Å². The van der Waals surface area contributed by atoms with Gasteiger partial charge in [-0.1, -0.05) is 30.3 Å². The van der Waals surface area contributed by atoms with Gasteiger partial charge < -0.3 is 26.9 Å². The van der Waals surface area contributed by atoms with Crippen molar-refractivity contribution in [1.29, 1.82) is 0 Å². The van der Waals surface area contributed by atoms with E-state index >= 15 is 0 Å². The lowest BCUT2D eigenvalue weighted by Gasteiger charge is -2.34. The van der Waals surface area contributed by atoms with Crippen molar-refractivity contribution in [2.24, 2.45) is 0 Å². The first-order valence-corrected chi connectivity index (χ1v) is 10.3. The maximum atomic E-state index is 13.8. The average Bonchev–Trinajstić information content (AvgIpc) is 3.29. The largest absolute Gasteiger partial charge is 1.00 e. The molecule has 1 N–H and O–H groups in total. The zero-order chi connectivity index (χ0) is 21.4. The molecule has 6 nitrogen and oxygen atoms in total. The number of halogens is 1. The molecule has 1 amide bonds. The highest BCUT2D eigenvalue weighted by Crippen LogP contribution is 2.47. The molecular formula is C25H22ClN2O4-. The number of allylic oxidation sites excluding steroid dienone is 1. The third-order valence-corrected chi connectivity index (χ3v) is 5.82. The van der Waals surface area contributed by atoms with Gasteiger partial charge in [-0.25, -0.2) is 0 Å². The summed E-state index contributed by atoms with van der Waals surface area (Å²) < 4.78 is 11.1. The molecule has 7 heteroatoms. The minimum atomic E-state index is -0.646. The molecule has 32 heavy (non-hydrogen) atoms. The van der Waals surface area contributed by atoms with Crippen molar-refractivity contribution in [1.82, 2.24) is 0 Å². The van der Waals surface area contributed by atoms with E-state index in [0.29, 0.717) is 23.4 Å². The number of anilines is 2. The van der Waals surface area contributed by atoms with Crippen LogP contribution < -0.4 is 27.4 Å². The fraction of sp³-hybridized carbons (Fsp3) is 0.200. The van der Waals surface area contributed by atoms with Crippen LogP contribution >= 0.6 is 0 Å². The second-order valence-electron chi connectivity index (χ2n) is 7.61. The number of ketones is 1. The molecule has 1 aliphatic heterocycles. The van der Waals surface area contributed by atoms with Gasteiger partial charge in [0.2, 0.25) is 0 Å². The smallest absolute Gasteiger partial charge is 0.294 e. The fourth-order valence-corrected chi connectivity index (χ4v) is 4.46. The van der Waals surface area contributed by atoms with Crippen molar-refractivity contribution in [3.8, 4) is 5.75 Å². The zero-order valence-electron chi connectivity index (χ0n) is 17.5. The van der Waals surface area contributed by atoms with Gasteiger partial charge in [0.25, 0.3) is 5.91 Å². The number of para-hydroxylation sites is 3. The summed E-state index contributed by atoms with van der Waals surface area (Å²) in [5.74, 6) is 0.549. The van der Waals surface area contributed by atoms with Gasteiger partial charge in [-0.2, -0.15) is 0 Å². The standard InChI is InChI=1S/C25H22N2O4.ClH/c1-30-21-13-5-2-8-16(21)24-23-18(10-6-12-20(23)28)26-17-9-3-4-11-19(17)27(24)25(29)22-14-7-15-31-22;/h2-5,7-9,11,13-15,24,26H,6,10,12H2,1H3;1H/p-1. The summed E-state index contributed by atoms with van der Waals surface area (Å²) >= 11 is 0. The van der Waals surface area contributed by atoms with E-state index in [9.17, 15) is 9.59 Å². The van der Waals surface area contributed by atoms with E-state index < -0.39 is 6.04 Å². The summed E-state index contributed by atoms with van der Waals surface area (Å²) in [7, 11) is 1.60. The number of furan rings is 1. The van der Waals surface area contributed by atoms with E-state index in [1.54, 1.807) is 24.1 Å². The number of amides is 1. The van der Waals surface area contributed by atoms with Crippen LogP contribution in [0.3, 0.4) is 0 Å².